The van der Waals surface area contributed by atoms with Gasteiger partial charge >= 0.3 is 0 Å². The van der Waals surface area contributed by atoms with Crippen LogP contribution in [0.1, 0.15) is 27.1 Å². The number of carbonyl (C=O) groups excluding carboxylic acids is 4. The molecule has 3 rings (SSSR count). The van der Waals surface area contributed by atoms with Crippen molar-refractivity contribution >= 4 is 23.4 Å². The Hall–Kier alpha value is -3.08. The molecule has 1 saturated heterocycles. The first kappa shape index (κ1) is 16.8. The van der Waals surface area contributed by atoms with E-state index in [0.717, 1.165) is 4.90 Å². The SMILES string of the molecule is CN1C(=O)C[C@H](C(C(=O)c2ccccc2)C(=O)c2ccccc2)C1=O. The second-order valence-electron chi connectivity index (χ2n) is 6.04. The molecular formula is C20H17NO4. The molecule has 0 N–H and O–H groups in total. The van der Waals surface area contributed by atoms with Gasteiger partial charge in [-0.1, -0.05) is 60.7 Å². The fourth-order valence-corrected chi connectivity index (χ4v) is 3.09. The molecule has 2 amide bonds. The van der Waals surface area contributed by atoms with E-state index in [4.69, 9.17) is 0 Å². The largest absolute Gasteiger partial charge is 0.293 e. The molecule has 1 heterocycles. The number of hydrogen-bond donors (Lipinski definition) is 0. The summed E-state index contributed by atoms with van der Waals surface area (Å²) < 4.78 is 0. The smallest absolute Gasteiger partial charge is 0.233 e. The quantitative estimate of drug-likeness (QED) is 0.478. The molecule has 0 bridgehead atoms. The molecule has 0 unspecified atom stereocenters. The van der Waals surface area contributed by atoms with Gasteiger partial charge in [-0.15, -0.1) is 0 Å². The summed E-state index contributed by atoms with van der Waals surface area (Å²) in [4.78, 5) is 51.3. The maximum absolute atomic E-state index is 13.0. The summed E-state index contributed by atoms with van der Waals surface area (Å²) in [6.07, 6.45) is -0.128. The molecule has 0 aliphatic carbocycles. The summed E-state index contributed by atoms with van der Waals surface area (Å²) in [6.45, 7) is 0. The highest BCUT2D eigenvalue weighted by Crippen LogP contribution is 2.31. The Kier molecular flexibility index (Phi) is 4.57. The molecule has 5 nitrogen and oxygen atoms in total. The van der Waals surface area contributed by atoms with Gasteiger partial charge in [0.05, 0.1) is 11.8 Å². The normalized spacial score (nSPS) is 17.2. The van der Waals surface area contributed by atoms with Crippen LogP contribution in [-0.4, -0.2) is 35.3 Å². The van der Waals surface area contributed by atoms with Crippen LogP contribution < -0.4 is 0 Å². The number of benzene rings is 2. The van der Waals surface area contributed by atoms with Crippen molar-refractivity contribution in [2.45, 2.75) is 6.42 Å². The van der Waals surface area contributed by atoms with Crippen molar-refractivity contribution in [2.24, 2.45) is 11.8 Å². The number of likely N-dealkylation sites (tertiary alicyclic amines) is 1. The van der Waals surface area contributed by atoms with Gasteiger partial charge in [0.1, 0.15) is 0 Å². The predicted octanol–water partition coefficient (Wildman–Crippen LogP) is 2.37. The average molecular weight is 335 g/mol. The van der Waals surface area contributed by atoms with Crippen LogP contribution in [0.4, 0.5) is 0 Å². The van der Waals surface area contributed by atoms with Crippen LogP contribution in [0.25, 0.3) is 0 Å². The zero-order chi connectivity index (χ0) is 18.0. The maximum Gasteiger partial charge on any atom is 0.233 e. The van der Waals surface area contributed by atoms with E-state index in [1.54, 1.807) is 60.7 Å². The number of ketones is 2. The van der Waals surface area contributed by atoms with Crippen LogP contribution >= 0.6 is 0 Å². The Morgan fingerprint density at radius 3 is 1.68 bits per heavy atom. The Bertz CT molecular complexity index is 778. The third-order valence-corrected chi connectivity index (χ3v) is 4.50. The van der Waals surface area contributed by atoms with Crippen molar-refractivity contribution < 1.29 is 19.2 Å². The highest BCUT2D eigenvalue weighted by Gasteiger charge is 2.47. The first-order valence-electron chi connectivity index (χ1n) is 7.99. The Balaban J connectivity index is 2.03. The molecule has 126 valence electrons. The van der Waals surface area contributed by atoms with Crippen molar-refractivity contribution in [2.75, 3.05) is 7.05 Å². The lowest BCUT2D eigenvalue weighted by Gasteiger charge is -2.20. The molecule has 5 heteroatoms. The number of carbonyl (C=O) groups is 4. The van der Waals surface area contributed by atoms with Gasteiger partial charge in [-0.05, 0) is 0 Å². The number of amides is 2. The minimum absolute atomic E-state index is 0.128. The highest BCUT2D eigenvalue weighted by atomic mass is 16.2. The molecule has 0 spiro atoms. The van der Waals surface area contributed by atoms with Crippen LogP contribution in [0.5, 0.6) is 0 Å². The fraction of sp³-hybridized carbons (Fsp3) is 0.200. The summed E-state index contributed by atoms with van der Waals surface area (Å²) in [7, 11) is 1.38. The highest BCUT2D eigenvalue weighted by molar-refractivity contribution is 6.20. The maximum atomic E-state index is 13.0. The van der Waals surface area contributed by atoms with Gasteiger partial charge in [0.2, 0.25) is 11.8 Å². The monoisotopic (exact) mass is 335 g/mol. The molecule has 0 aromatic heterocycles. The molecule has 0 saturated carbocycles. The zero-order valence-electron chi connectivity index (χ0n) is 13.7. The van der Waals surface area contributed by atoms with Gasteiger partial charge < -0.3 is 0 Å². The van der Waals surface area contributed by atoms with Crippen molar-refractivity contribution in [3.8, 4) is 0 Å². The van der Waals surface area contributed by atoms with Crippen molar-refractivity contribution in [1.29, 1.82) is 0 Å². The molecule has 1 aliphatic heterocycles. The van der Waals surface area contributed by atoms with Gasteiger partial charge in [-0.25, -0.2) is 0 Å². The van der Waals surface area contributed by atoms with E-state index in [0.29, 0.717) is 11.1 Å². The van der Waals surface area contributed by atoms with E-state index in [1.165, 1.54) is 7.05 Å². The second-order valence-corrected chi connectivity index (χ2v) is 6.04. The lowest BCUT2D eigenvalue weighted by atomic mass is 9.79. The van der Waals surface area contributed by atoms with Gasteiger partial charge in [0, 0.05) is 24.6 Å². The summed E-state index contributed by atoms with van der Waals surface area (Å²) in [5, 5.41) is 0. The van der Waals surface area contributed by atoms with Crippen molar-refractivity contribution in [3.63, 3.8) is 0 Å². The van der Waals surface area contributed by atoms with Crippen LogP contribution in [0.2, 0.25) is 0 Å². The lowest BCUT2D eigenvalue weighted by Crippen LogP contribution is -2.36. The Morgan fingerprint density at radius 2 is 1.32 bits per heavy atom. The van der Waals surface area contributed by atoms with Crippen LogP contribution in [-0.2, 0) is 9.59 Å². The zero-order valence-corrected chi connectivity index (χ0v) is 13.7. The molecule has 1 fully saturated rings. The molecule has 2 aromatic carbocycles. The van der Waals surface area contributed by atoms with Crippen LogP contribution in [0, 0.1) is 11.8 Å². The number of rotatable bonds is 5. The molecule has 1 aliphatic rings. The predicted molar refractivity (Wildman–Crippen MR) is 90.9 cm³/mol. The van der Waals surface area contributed by atoms with Gasteiger partial charge in [-0.2, -0.15) is 0 Å². The summed E-state index contributed by atoms with van der Waals surface area (Å²) in [6, 6.07) is 16.8. The Labute approximate surface area is 145 Å². The third kappa shape index (κ3) is 3.13. The van der Waals surface area contributed by atoms with Gasteiger partial charge in [0.25, 0.3) is 0 Å². The number of imide groups is 1. The van der Waals surface area contributed by atoms with E-state index < -0.39 is 29.3 Å². The van der Waals surface area contributed by atoms with Crippen molar-refractivity contribution in [1.82, 2.24) is 4.90 Å². The first-order valence-corrected chi connectivity index (χ1v) is 7.99. The van der Waals surface area contributed by atoms with Crippen LogP contribution in [0.3, 0.4) is 0 Å². The van der Waals surface area contributed by atoms with Crippen molar-refractivity contribution in [3.05, 3.63) is 71.8 Å². The topological polar surface area (TPSA) is 71.5 Å². The van der Waals surface area contributed by atoms with Gasteiger partial charge in [-0.3, -0.25) is 24.1 Å². The first-order chi connectivity index (χ1) is 12.0. The van der Waals surface area contributed by atoms with Crippen LogP contribution in [0.15, 0.2) is 60.7 Å². The lowest BCUT2D eigenvalue weighted by molar-refractivity contribution is -0.137. The molecule has 2 aromatic rings. The van der Waals surface area contributed by atoms with E-state index >= 15 is 0 Å². The number of nitrogens with zero attached hydrogens (tertiary/aromatic N) is 1. The van der Waals surface area contributed by atoms with E-state index in [2.05, 4.69) is 0 Å². The number of Topliss-reactive ketones (excluding diaryl/α,β-unsaturated/α-hetero) is 2. The molecular weight excluding hydrogens is 318 g/mol. The average Bonchev–Trinajstić information content (AvgIpc) is 2.90. The molecule has 0 radical (unpaired) electrons. The minimum atomic E-state index is -1.20. The summed E-state index contributed by atoms with van der Waals surface area (Å²) in [5.41, 5.74) is 0.707. The second kappa shape index (κ2) is 6.81. The molecule has 25 heavy (non-hydrogen) atoms. The Morgan fingerprint density at radius 1 is 0.880 bits per heavy atom. The summed E-state index contributed by atoms with van der Waals surface area (Å²) >= 11 is 0. The number of hydrogen-bond acceptors (Lipinski definition) is 4. The van der Waals surface area contributed by atoms with E-state index in [1.807, 2.05) is 0 Å². The van der Waals surface area contributed by atoms with E-state index in [9.17, 15) is 19.2 Å². The van der Waals surface area contributed by atoms with Gasteiger partial charge in [0.15, 0.2) is 11.6 Å². The fourth-order valence-electron chi connectivity index (χ4n) is 3.09. The third-order valence-electron chi connectivity index (χ3n) is 4.50. The standard InChI is InChI=1S/C20H17NO4/c1-21-16(22)12-15(20(21)25)17(18(23)13-8-4-2-5-9-13)19(24)14-10-6-3-7-11-14/h2-11,15,17H,12H2,1H3/t15-/m1/s1. The van der Waals surface area contributed by atoms with E-state index in [-0.39, 0.29) is 12.3 Å². The molecule has 1 atom stereocenters. The summed E-state index contributed by atoms with van der Waals surface area (Å²) in [5.74, 6) is -3.89. The minimum Gasteiger partial charge on any atom is -0.293 e.